The molecule has 7 aliphatic rings. The van der Waals surface area contributed by atoms with Gasteiger partial charge in [-0.1, -0.05) is 206 Å². The van der Waals surface area contributed by atoms with E-state index < -0.39 is 285 Å². The van der Waals surface area contributed by atoms with Gasteiger partial charge in [0.05, 0.1) is 64.5 Å². The van der Waals surface area contributed by atoms with E-state index >= 15 is 0 Å². The lowest BCUT2D eigenvalue weighted by molar-refractivity contribution is -0.397. The fourth-order valence-electron chi connectivity index (χ4n) is 17.2. The Hall–Kier alpha value is -3.21. The minimum atomic E-state index is -2.36. The van der Waals surface area contributed by atoms with E-state index in [2.05, 4.69) is 29.8 Å². The molecule has 0 bridgehead atoms. The molecule has 23 N–H and O–H groups in total. The van der Waals surface area contributed by atoms with Gasteiger partial charge in [-0.15, -0.1) is 0 Å². The van der Waals surface area contributed by atoms with E-state index in [0.717, 1.165) is 65.2 Å². The van der Waals surface area contributed by atoms with Gasteiger partial charge in [0, 0.05) is 20.3 Å². The lowest BCUT2D eigenvalue weighted by atomic mass is 9.93. The van der Waals surface area contributed by atoms with Crippen LogP contribution < -0.4 is 16.0 Å². The molecule has 0 saturated carbocycles. The molecular formula is C86H155N3O37. The molecule has 0 aromatic rings. The van der Waals surface area contributed by atoms with Crippen LogP contribution in [0.5, 0.6) is 0 Å². The summed E-state index contributed by atoms with van der Waals surface area (Å²) in [5.41, 5.74) is 0. The zero-order valence-electron chi connectivity index (χ0n) is 74.0. The molecule has 40 nitrogen and oxygen atoms in total. The van der Waals surface area contributed by atoms with Crippen molar-refractivity contribution in [3.8, 4) is 0 Å². The van der Waals surface area contributed by atoms with Crippen LogP contribution in [0.2, 0.25) is 0 Å². The first-order chi connectivity index (χ1) is 60.5. The van der Waals surface area contributed by atoms with Gasteiger partial charge in [-0.3, -0.25) is 14.4 Å². The molecule has 3 amide bonds. The van der Waals surface area contributed by atoms with Gasteiger partial charge >= 0.3 is 0 Å². The Morgan fingerprint density at radius 1 is 0.325 bits per heavy atom. The highest BCUT2D eigenvalue weighted by Gasteiger charge is 2.60. The molecule has 7 aliphatic heterocycles. The molecule has 7 fully saturated rings. The molecule has 40 heteroatoms. The quantitative estimate of drug-likeness (QED) is 0.0231. The Morgan fingerprint density at radius 2 is 0.651 bits per heavy atom. The SMILES string of the molecule is CCCCCCCCCCCCC/C=C/[C@@H](O)[C@H](CO[C@@H]1OC(CO)[C@@H](O[C@@H]2OC(CO)[C@H](O)[C@H](O[C@@H]3OC(CO)[C@@H](O[C@@H]4OC(CO)[C@H](O)[C@H](O[C@@H]5OC(CO)[C@@H](O[C@@H]6OC(CO)[C@H](O)[C@H](O)C6O)[C@H](O)C5NC(C)=O)C4O)[C@H](O[C@H]4OC(C)[C@@H](O)C(O)[C@@H]4O)C3NC(C)=O)C2O)[C@H](O)C1O)NC(=O)CCCCCCCCCCCCCCCCCCCCC. The maximum Gasteiger partial charge on any atom is 0.220 e. The fraction of sp³-hybridized carbons (Fsp3) is 0.942. The van der Waals surface area contributed by atoms with Crippen molar-refractivity contribution in [3.63, 3.8) is 0 Å². The Kier molecular flexibility index (Phi) is 50.7. The molecule has 0 aromatic heterocycles. The fourth-order valence-corrected chi connectivity index (χ4v) is 17.2. The van der Waals surface area contributed by atoms with Gasteiger partial charge in [-0.25, -0.2) is 0 Å². The van der Waals surface area contributed by atoms with Crippen LogP contribution in [0.1, 0.15) is 240 Å². The minimum Gasteiger partial charge on any atom is -0.394 e. The van der Waals surface area contributed by atoms with E-state index in [0.29, 0.717) is 12.8 Å². The molecule has 0 spiro atoms. The summed E-state index contributed by atoms with van der Waals surface area (Å²) < 4.78 is 84.5. The second-order valence-electron chi connectivity index (χ2n) is 34.9. The standard InChI is InChI=1S/C86H155N3O37/c1-6-8-10-12-14-16-18-20-21-22-23-24-25-27-29-31-33-35-37-39-58(99)89-50(51(98)38-36-34-32-30-28-26-19-17-15-13-11-9-7-2)46-113-82-71(110)68(107)75(56(44-94)120-82)122-85-72(111)79(64(103)53(41-91)116-85)126-81-60(88-49(5)97)77(124-83-69(108)66(105)61(100)47(3)114-83)76(57(45-95)119-81)123-86-73(112)78(63(102)54(42-92)117-86)125-80-59(87-48(4)96)65(104)74(55(43-93)118-80)121-84-70(109)67(106)62(101)52(40-90)115-84/h36,38,47,50-57,59-86,90-95,98,100-112H,6-35,37,39-46H2,1-5H3,(H,87,96)(H,88,97)(H,89,99)/b38-36+/t47?,50-,51+,52?,53?,54?,55?,56?,57?,59?,60?,61+,62-,63-,64-,65+,66?,67-,68+,69-,70?,71?,72?,73?,74+,75+,76+,77+,78-,79-,80-,81-,82+,83+,84-,85-,86-/m0/s1. The molecule has 7 rings (SSSR count). The lowest BCUT2D eigenvalue weighted by Gasteiger charge is -2.52. The van der Waals surface area contributed by atoms with Gasteiger partial charge in [-0.05, 0) is 26.2 Å². The maximum absolute atomic E-state index is 13.7. The third kappa shape index (κ3) is 32.8. The van der Waals surface area contributed by atoms with E-state index in [4.69, 9.17) is 66.3 Å². The average Bonchev–Trinajstić information content (AvgIpc) is 0.760. The van der Waals surface area contributed by atoms with Crippen LogP contribution in [0.15, 0.2) is 12.2 Å². The number of hydrogen-bond acceptors (Lipinski definition) is 37. The van der Waals surface area contributed by atoms with E-state index in [1.807, 2.05) is 6.08 Å². The molecule has 736 valence electrons. The van der Waals surface area contributed by atoms with E-state index in [1.54, 1.807) is 6.08 Å². The van der Waals surface area contributed by atoms with Crippen LogP contribution in [-0.4, -0.2) is 393 Å². The molecular weight excluding hydrogens is 1670 g/mol. The molecule has 7 saturated heterocycles. The summed E-state index contributed by atoms with van der Waals surface area (Å²) in [5.74, 6) is -2.17. The summed E-state index contributed by atoms with van der Waals surface area (Å²) in [6, 6.07) is -4.88. The first-order valence-electron chi connectivity index (χ1n) is 46.3. The van der Waals surface area contributed by atoms with Crippen molar-refractivity contribution < 1.29 is 183 Å². The third-order valence-corrected chi connectivity index (χ3v) is 24.8. The summed E-state index contributed by atoms with van der Waals surface area (Å²) in [5, 5.41) is 233. The van der Waals surface area contributed by atoms with Gasteiger partial charge < -0.3 is 184 Å². The lowest BCUT2D eigenvalue weighted by Crippen LogP contribution is -2.72. The van der Waals surface area contributed by atoms with E-state index in [9.17, 15) is 117 Å². The van der Waals surface area contributed by atoms with Crippen LogP contribution in [0.25, 0.3) is 0 Å². The van der Waals surface area contributed by atoms with Crippen LogP contribution in [-0.2, 0) is 80.7 Å². The largest absolute Gasteiger partial charge is 0.394 e. The topological polar surface area (TPSA) is 621 Å². The predicted octanol–water partition coefficient (Wildman–Crippen LogP) is -2.01. The van der Waals surface area contributed by atoms with Gasteiger partial charge in [0.25, 0.3) is 0 Å². The van der Waals surface area contributed by atoms with E-state index in [1.165, 1.54) is 142 Å². The van der Waals surface area contributed by atoms with Gasteiger partial charge in [0.2, 0.25) is 17.7 Å². The van der Waals surface area contributed by atoms with Gasteiger partial charge in [-0.2, -0.15) is 0 Å². The zero-order chi connectivity index (χ0) is 92.1. The van der Waals surface area contributed by atoms with Crippen molar-refractivity contribution in [3.05, 3.63) is 12.2 Å². The molecule has 0 aromatic carbocycles. The van der Waals surface area contributed by atoms with Crippen molar-refractivity contribution in [2.24, 2.45) is 0 Å². The smallest absolute Gasteiger partial charge is 0.220 e. The van der Waals surface area contributed by atoms with Crippen LogP contribution in [0, 0.1) is 0 Å². The van der Waals surface area contributed by atoms with Crippen molar-refractivity contribution >= 4 is 17.7 Å². The second kappa shape index (κ2) is 58.2. The van der Waals surface area contributed by atoms with Crippen LogP contribution >= 0.6 is 0 Å². The molecule has 0 aliphatic carbocycles. The highest BCUT2D eigenvalue weighted by molar-refractivity contribution is 5.76. The number of nitrogens with one attached hydrogen (secondary N) is 3. The molecule has 14 unspecified atom stereocenters. The van der Waals surface area contributed by atoms with E-state index in [-0.39, 0.29) is 12.3 Å². The van der Waals surface area contributed by atoms with Gasteiger partial charge in [0.15, 0.2) is 44.0 Å². The molecule has 126 heavy (non-hydrogen) atoms. The van der Waals surface area contributed by atoms with Crippen molar-refractivity contribution in [2.45, 2.75) is 467 Å². The number of carbonyl (C=O) groups is 3. The Balaban J connectivity index is 1.04. The number of rotatable bonds is 58. The first kappa shape index (κ1) is 110. The highest BCUT2D eigenvalue weighted by atomic mass is 16.8. The number of carbonyl (C=O) groups excluding carboxylic acids is 3. The predicted molar refractivity (Wildman–Crippen MR) is 443 cm³/mol. The molecule has 7 heterocycles. The van der Waals surface area contributed by atoms with Crippen LogP contribution in [0.3, 0.4) is 0 Å². The van der Waals surface area contributed by atoms with Crippen LogP contribution in [0.4, 0.5) is 0 Å². The Morgan fingerprint density at radius 3 is 1.09 bits per heavy atom. The Bertz CT molecular complexity index is 2990. The summed E-state index contributed by atoms with van der Waals surface area (Å²) in [6.45, 7) is 0.942. The van der Waals surface area contributed by atoms with Gasteiger partial charge in [0.1, 0.15) is 165 Å². The number of unbranched alkanes of at least 4 members (excludes halogenated alkanes) is 29. The monoisotopic (exact) mass is 1820 g/mol. The third-order valence-electron chi connectivity index (χ3n) is 24.8. The highest BCUT2D eigenvalue weighted by Crippen LogP contribution is 2.40. The maximum atomic E-state index is 13.7. The first-order valence-corrected chi connectivity index (χ1v) is 46.3. The number of aliphatic hydroxyl groups is 20. The number of aliphatic hydroxyl groups excluding tert-OH is 20. The van der Waals surface area contributed by atoms with Crippen molar-refractivity contribution in [1.82, 2.24) is 16.0 Å². The summed E-state index contributed by atoms with van der Waals surface area (Å²) in [7, 11) is 0. The summed E-state index contributed by atoms with van der Waals surface area (Å²) >= 11 is 0. The normalized spacial score (nSPS) is 38.1. The second-order valence-corrected chi connectivity index (χ2v) is 34.9. The van der Waals surface area contributed by atoms with Crippen molar-refractivity contribution in [2.75, 3.05) is 46.2 Å². The Labute approximate surface area is 739 Å². The van der Waals surface area contributed by atoms with Crippen molar-refractivity contribution in [1.29, 1.82) is 0 Å². The zero-order valence-corrected chi connectivity index (χ0v) is 74.0. The molecule has 0 radical (unpaired) electrons. The average molecular weight is 1820 g/mol. The summed E-state index contributed by atoms with van der Waals surface area (Å²) in [6.07, 6.45) is -26.7. The number of ether oxygens (including phenoxy) is 14. The number of hydrogen-bond donors (Lipinski definition) is 23. The number of allylic oxidation sites excluding steroid dienone is 1. The number of amides is 3. The minimum absolute atomic E-state index is 0.154. The molecule has 37 atom stereocenters. The summed E-state index contributed by atoms with van der Waals surface area (Å²) in [4.78, 5) is 40.1.